The molecule has 0 aromatic rings. The highest BCUT2D eigenvalue weighted by Crippen LogP contribution is 2.18. The van der Waals surface area contributed by atoms with Gasteiger partial charge in [-0.05, 0) is 33.1 Å². The van der Waals surface area contributed by atoms with Gasteiger partial charge in [-0.3, -0.25) is 0 Å². The standard InChI is InChI=1S/C10H23N2.2ClH/c1-10(2,11)9-12(3)7-5-4-6-8-12;;/h4-9,11H2,1-3H3;2*1H/q+1;;/p-1. The maximum Gasteiger partial charge on any atom is 0.0961 e. The summed E-state index contributed by atoms with van der Waals surface area (Å²) in [7, 11) is 2.34. The minimum Gasteiger partial charge on any atom is -1.00 e. The van der Waals surface area contributed by atoms with E-state index in [1.807, 2.05) is 0 Å². The van der Waals surface area contributed by atoms with Crippen LogP contribution in [0.25, 0.3) is 0 Å². The normalized spacial score (nSPS) is 20.6. The highest BCUT2D eigenvalue weighted by atomic mass is 35.5. The molecule has 0 aliphatic carbocycles. The van der Waals surface area contributed by atoms with Crippen LogP contribution in [0.5, 0.6) is 0 Å². The fourth-order valence-electron chi connectivity index (χ4n) is 2.42. The lowest BCUT2D eigenvalue weighted by molar-refractivity contribution is -0.916. The third-order valence-electron chi connectivity index (χ3n) is 2.69. The molecule has 1 saturated heterocycles. The number of hydrogen-bond donors (Lipinski definition) is 1. The second-order valence-corrected chi connectivity index (χ2v) is 5.27. The molecule has 1 heterocycles. The number of nitrogens with zero attached hydrogens (tertiary/aromatic N) is 1. The van der Waals surface area contributed by atoms with E-state index in [4.69, 9.17) is 5.73 Å². The first-order valence-electron chi connectivity index (χ1n) is 5.04. The van der Waals surface area contributed by atoms with Crippen LogP contribution < -0.4 is 18.1 Å². The second-order valence-electron chi connectivity index (χ2n) is 5.27. The van der Waals surface area contributed by atoms with Crippen LogP contribution >= 0.6 is 12.4 Å². The van der Waals surface area contributed by atoms with E-state index < -0.39 is 0 Å². The number of nitrogens with two attached hydrogens (primary N) is 1. The first-order valence-corrected chi connectivity index (χ1v) is 5.04. The summed E-state index contributed by atoms with van der Waals surface area (Å²) in [6, 6.07) is 0. The van der Waals surface area contributed by atoms with Gasteiger partial charge in [0.25, 0.3) is 0 Å². The van der Waals surface area contributed by atoms with Crippen molar-refractivity contribution in [2.24, 2.45) is 5.73 Å². The predicted octanol–water partition coefficient (Wildman–Crippen LogP) is -1.22. The van der Waals surface area contributed by atoms with E-state index in [0.717, 1.165) is 6.54 Å². The topological polar surface area (TPSA) is 26.0 Å². The van der Waals surface area contributed by atoms with Gasteiger partial charge in [0.05, 0.1) is 32.2 Å². The SMILES string of the molecule is CC(C)(N)C[N+]1(C)CCCCC1.Cl.[Cl-]. The Morgan fingerprint density at radius 3 is 1.93 bits per heavy atom. The van der Waals surface area contributed by atoms with Crippen LogP contribution in [-0.2, 0) is 0 Å². The summed E-state index contributed by atoms with van der Waals surface area (Å²) < 4.78 is 1.18. The molecule has 1 aliphatic heterocycles. The average Bonchev–Trinajstić information content (AvgIpc) is 1.83. The lowest BCUT2D eigenvalue weighted by Crippen LogP contribution is -3.00. The lowest BCUT2D eigenvalue weighted by atomic mass is 10.0. The van der Waals surface area contributed by atoms with Crippen LogP contribution in [0, 0.1) is 0 Å². The van der Waals surface area contributed by atoms with Crippen molar-refractivity contribution in [2.45, 2.75) is 38.6 Å². The van der Waals surface area contributed by atoms with Gasteiger partial charge in [-0.1, -0.05) is 0 Å². The lowest BCUT2D eigenvalue weighted by Gasteiger charge is -2.41. The minimum atomic E-state index is -0.00785. The van der Waals surface area contributed by atoms with E-state index in [2.05, 4.69) is 20.9 Å². The van der Waals surface area contributed by atoms with Crippen LogP contribution in [-0.4, -0.2) is 36.7 Å². The number of likely N-dealkylation sites (N-methyl/N-ethyl adjacent to an activating group) is 1. The first-order chi connectivity index (χ1) is 5.41. The second kappa shape index (κ2) is 6.16. The third-order valence-corrected chi connectivity index (χ3v) is 2.69. The zero-order valence-electron chi connectivity index (χ0n) is 9.55. The van der Waals surface area contributed by atoms with Gasteiger partial charge in [-0.2, -0.15) is 0 Å². The first kappa shape index (κ1) is 16.9. The maximum absolute atomic E-state index is 6.04. The molecule has 1 rings (SSSR count). The molecule has 14 heavy (non-hydrogen) atoms. The Hall–Kier alpha value is 0.500. The van der Waals surface area contributed by atoms with Gasteiger partial charge in [0.2, 0.25) is 0 Å². The largest absolute Gasteiger partial charge is 1.00 e. The summed E-state index contributed by atoms with van der Waals surface area (Å²) in [5, 5.41) is 0. The van der Waals surface area contributed by atoms with Crippen LogP contribution in [0.15, 0.2) is 0 Å². The van der Waals surface area contributed by atoms with Crippen LogP contribution in [0.3, 0.4) is 0 Å². The Morgan fingerprint density at radius 1 is 1.14 bits per heavy atom. The van der Waals surface area contributed by atoms with Crippen molar-refractivity contribution in [3.63, 3.8) is 0 Å². The number of hydrogen-bond acceptors (Lipinski definition) is 1. The van der Waals surface area contributed by atoms with Gasteiger partial charge in [0.15, 0.2) is 0 Å². The molecule has 1 fully saturated rings. The van der Waals surface area contributed by atoms with E-state index in [0.29, 0.717) is 0 Å². The quantitative estimate of drug-likeness (QED) is 0.605. The Kier molecular flexibility index (Phi) is 7.45. The van der Waals surface area contributed by atoms with Crippen molar-refractivity contribution in [3.8, 4) is 0 Å². The fraction of sp³-hybridized carbons (Fsp3) is 1.00. The molecule has 0 spiro atoms. The Morgan fingerprint density at radius 2 is 1.57 bits per heavy atom. The Bertz CT molecular complexity index is 149. The summed E-state index contributed by atoms with van der Waals surface area (Å²) in [6.45, 7) is 8.02. The van der Waals surface area contributed by atoms with E-state index in [-0.39, 0.29) is 30.4 Å². The molecule has 0 bridgehead atoms. The third kappa shape index (κ3) is 6.07. The van der Waals surface area contributed by atoms with E-state index in [9.17, 15) is 0 Å². The number of halogens is 2. The number of quaternary nitrogens is 1. The van der Waals surface area contributed by atoms with Gasteiger partial charge in [-0.25, -0.2) is 0 Å². The summed E-state index contributed by atoms with van der Waals surface area (Å²) in [6.07, 6.45) is 4.18. The highest BCUT2D eigenvalue weighted by Gasteiger charge is 2.30. The molecule has 0 saturated carbocycles. The molecule has 4 heteroatoms. The van der Waals surface area contributed by atoms with E-state index >= 15 is 0 Å². The van der Waals surface area contributed by atoms with Gasteiger partial charge in [0.1, 0.15) is 0 Å². The van der Waals surface area contributed by atoms with Crippen molar-refractivity contribution in [3.05, 3.63) is 0 Å². The fourth-order valence-corrected chi connectivity index (χ4v) is 2.42. The smallest absolute Gasteiger partial charge is 0.0961 e. The monoisotopic (exact) mass is 242 g/mol. The molecule has 0 aromatic carbocycles. The highest BCUT2D eigenvalue weighted by molar-refractivity contribution is 5.85. The van der Waals surface area contributed by atoms with Crippen LogP contribution in [0.1, 0.15) is 33.1 Å². The van der Waals surface area contributed by atoms with Gasteiger partial charge in [-0.15, -0.1) is 12.4 Å². The van der Waals surface area contributed by atoms with Crippen molar-refractivity contribution in [1.29, 1.82) is 0 Å². The van der Waals surface area contributed by atoms with Crippen molar-refractivity contribution in [2.75, 3.05) is 26.7 Å². The van der Waals surface area contributed by atoms with Crippen molar-refractivity contribution in [1.82, 2.24) is 0 Å². The zero-order valence-corrected chi connectivity index (χ0v) is 11.1. The summed E-state index contributed by atoms with van der Waals surface area (Å²) in [5.41, 5.74) is 6.03. The molecule has 0 amide bonds. The molecule has 0 radical (unpaired) electrons. The zero-order chi connectivity index (χ0) is 9.24. The maximum atomic E-state index is 6.04. The number of piperidine rings is 1. The van der Waals surface area contributed by atoms with E-state index in [1.165, 1.54) is 36.8 Å². The summed E-state index contributed by atoms with van der Waals surface area (Å²) in [5.74, 6) is 0. The van der Waals surface area contributed by atoms with Crippen LogP contribution in [0.2, 0.25) is 0 Å². The molecular formula is C10H24Cl2N2. The van der Waals surface area contributed by atoms with E-state index in [1.54, 1.807) is 0 Å². The number of likely N-dealkylation sites (tertiary alicyclic amines) is 1. The summed E-state index contributed by atoms with van der Waals surface area (Å²) >= 11 is 0. The van der Waals surface area contributed by atoms with Gasteiger partial charge in [0, 0.05) is 0 Å². The van der Waals surface area contributed by atoms with Gasteiger partial charge >= 0.3 is 0 Å². The Labute approximate surface area is 101 Å². The molecule has 1 aliphatic rings. The molecule has 0 atom stereocenters. The molecule has 2 N–H and O–H groups in total. The number of rotatable bonds is 2. The predicted molar refractivity (Wildman–Crippen MR) is 60.2 cm³/mol. The molecule has 0 aromatic heterocycles. The Balaban J connectivity index is 0. The molecule has 2 nitrogen and oxygen atoms in total. The average molecular weight is 243 g/mol. The van der Waals surface area contributed by atoms with Crippen LogP contribution in [0.4, 0.5) is 0 Å². The minimum absolute atomic E-state index is 0. The molecule has 88 valence electrons. The molecule has 0 unspecified atom stereocenters. The summed E-state index contributed by atoms with van der Waals surface area (Å²) in [4.78, 5) is 0. The molecular weight excluding hydrogens is 219 g/mol. The van der Waals surface area contributed by atoms with Gasteiger partial charge < -0.3 is 22.6 Å². The van der Waals surface area contributed by atoms with Crippen molar-refractivity contribution < 1.29 is 16.9 Å². The van der Waals surface area contributed by atoms with Crippen molar-refractivity contribution >= 4 is 12.4 Å².